The summed E-state index contributed by atoms with van der Waals surface area (Å²) in [5.74, 6) is 0.667. The van der Waals surface area contributed by atoms with Crippen molar-refractivity contribution in [3.05, 3.63) is 34.4 Å². The van der Waals surface area contributed by atoms with Crippen LogP contribution >= 0.6 is 0 Å². The Morgan fingerprint density at radius 1 is 1.30 bits per heavy atom. The van der Waals surface area contributed by atoms with Crippen molar-refractivity contribution in [3.8, 4) is 0 Å². The van der Waals surface area contributed by atoms with Crippen LogP contribution in [0.2, 0.25) is 0 Å². The molecule has 20 heavy (non-hydrogen) atoms. The molecule has 0 atom stereocenters. The Kier molecular flexibility index (Phi) is 4.63. The van der Waals surface area contributed by atoms with Crippen LogP contribution in [0.3, 0.4) is 0 Å². The molecule has 0 saturated heterocycles. The van der Waals surface area contributed by atoms with Crippen molar-refractivity contribution in [1.29, 1.82) is 0 Å². The molecule has 0 spiro atoms. The first-order valence-electron chi connectivity index (χ1n) is 7.50. The van der Waals surface area contributed by atoms with Gasteiger partial charge in [0.15, 0.2) is 0 Å². The molecule has 1 aliphatic carbocycles. The van der Waals surface area contributed by atoms with E-state index in [1.165, 1.54) is 32.1 Å². The molecule has 1 aromatic rings. The quantitative estimate of drug-likeness (QED) is 0.609. The Bertz CT molecular complexity index is 465. The van der Waals surface area contributed by atoms with Gasteiger partial charge in [-0.15, -0.1) is 0 Å². The molecule has 4 heteroatoms. The zero-order valence-corrected chi connectivity index (χ0v) is 12.4. The van der Waals surface area contributed by atoms with Crippen molar-refractivity contribution in [2.75, 3.05) is 11.9 Å². The zero-order valence-electron chi connectivity index (χ0n) is 12.4. The van der Waals surface area contributed by atoms with Gasteiger partial charge in [0.1, 0.15) is 5.69 Å². The molecule has 1 aromatic carbocycles. The molecular formula is C16H24N2O2. The fraction of sp³-hybridized carbons (Fsp3) is 0.625. The summed E-state index contributed by atoms with van der Waals surface area (Å²) in [6, 6.07) is 6.92. The van der Waals surface area contributed by atoms with Gasteiger partial charge in [-0.2, -0.15) is 0 Å². The second kappa shape index (κ2) is 6.25. The van der Waals surface area contributed by atoms with Gasteiger partial charge in [0, 0.05) is 12.6 Å². The highest BCUT2D eigenvalue weighted by Crippen LogP contribution is 2.43. The van der Waals surface area contributed by atoms with Crippen molar-refractivity contribution >= 4 is 11.4 Å². The van der Waals surface area contributed by atoms with Crippen LogP contribution in [0.5, 0.6) is 0 Å². The van der Waals surface area contributed by atoms with Gasteiger partial charge in [-0.25, -0.2) is 0 Å². The van der Waals surface area contributed by atoms with Crippen molar-refractivity contribution < 1.29 is 4.92 Å². The molecule has 0 radical (unpaired) electrons. The second-order valence-corrected chi connectivity index (χ2v) is 6.43. The lowest BCUT2D eigenvalue weighted by Gasteiger charge is -2.31. The number of nitrogens with zero attached hydrogens (tertiary/aromatic N) is 1. The van der Waals surface area contributed by atoms with E-state index in [9.17, 15) is 10.1 Å². The minimum Gasteiger partial charge on any atom is -0.379 e. The van der Waals surface area contributed by atoms with Gasteiger partial charge in [0.05, 0.1) is 4.92 Å². The number of nitro groups is 1. The lowest BCUT2D eigenvalue weighted by Crippen LogP contribution is -2.28. The number of nitro benzene ring substituents is 1. The van der Waals surface area contributed by atoms with E-state index in [4.69, 9.17) is 0 Å². The van der Waals surface area contributed by atoms with Gasteiger partial charge in [0.25, 0.3) is 5.69 Å². The number of hydrogen-bond acceptors (Lipinski definition) is 3. The molecule has 4 nitrogen and oxygen atoms in total. The topological polar surface area (TPSA) is 55.2 Å². The minimum atomic E-state index is -0.313. The third-order valence-corrected chi connectivity index (χ3v) is 4.26. The van der Waals surface area contributed by atoms with Crippen LogP contribution < -0.4 is 5.32 Å². The standard InChI is InChI=1S/C16H24N2O2/c1-13(2)11-16(9-5-6-10-16)12-17-14-7-3-4-8-15(14)18(19)20/h3-4,7-8,13,17H,5-6,9-12H2,1-2H3. The summed E-state index contributed by atoms with van der Waals surface area (Å²) in [7, 11) is 0. The van der Waals surface area contributed by atoms with E-state index in [0.29, 0.717) is 17.0 Å². The average molecular weight is 276 g/mol. The highest BCUT2D eigenvalue weighted by atomic mass is 16.6. The van der Waals surface area contributed by atoms with Gasteiger partial charge < -0.3 is 5.32 Å². The molecule has 0 aromatic heterocycles. The van der Waals surface area contributed by atoms with E-state index in [-0.39, 0.29) is 10.6 Å². The zero-order chi connectivity index (χ0) is 14.6. The first-order chi connectivity index (χ1) is 9.52. The molecule has 2 rings (SSSR count). The molecular weight excluding hydrogens is 252 g/mol. The Labute approximate surface area is 120 Å². The number of anilines is 1. The van der Waals surface area contributed by atoms with Crippen molar-refractivity contribution in [3.63, 3.8) is 0 Å². The maximum atomic E-state index is 11.0. The van der Waals surface area contributed by atoms with E-state index in [1.54, 1.807) is 18.2 Å². The van der Waals surface area contributed by atoms with E-state index >= 15 is 0 Å². The molecule has 1 aliphatic rings. The molecule has 0 amide bonds. The Morgan fingerprint density at radius 2 is 1.95 bits per heavy atom. The molecule has 1 fully saturated rings. The number of hydrogen-bond donors (Lipinski definition) is 1. The molecule has 1 N–H and O–H groups in total. The summed E-state index contributed by atoms with van der Waals surface area (Å²) in [6.45, 7) is 5.35. The predicted molar refractivity (Wildman–Crippen MR) is 81.9 cm³/mol. The SMILES string of the molecule is CC(C)CC1(CNc2ccccc2[N+](=O)[O-])CCCC1. The van der Waals surface area contributed by atoms with Gasteiger partial charge in [-0.1, -0.05) is 38.8 Å². The first-order valence-corrected chi connectivity index (χ1v) is 7.50. The lowest BCUT2D eigenvalue weighted by atomic mass is 9.78. The molecule has 110 valence electrons. The number of rotatable bonds is 6. The van der Waals surface area contributed by atoms with Crippen LogP contribution in [0, 0.1) is 21.4 Å². The van der Waals surface area contributed by atoms with Gasteiger partial charge >= 0.3 is 0 Å². The van der Waals surface area contributed by atoms with Crippen LogP contribution in [0.25, 0.3) is 0 Å². The van der Waals surface area contributed by atoms with Gasteiger partial charge in [-0.05, 0) is 36.7 Å². The van der Waals surface area contributed by atoms with Crippen molar-refractivity contribution in [2.45, 2.75) is 46.0 Å². The summed E-state index contributed by atoms with van der Waals surface area (Å²) in [6.07, 6.45) is 6.23. The Morgan fingerprint density at radius 3 is 2.55 bits per heavy atom. The van der Waals surface area contributed by atoms with E-state index in [1.807, 2.05) is 6.07 Å². The highest BCUT2D eigenvalue weighted by molar-refractivity contribution is 5.61. The molecule has 1 saturated carbocycles. The number of para-hydroxylation sites is 2. The monoisotopic (exact) mass is 276 g/mol. The third kappa shape index (κ3) is 3.50. The van der Waals surface area contributed by atoms with Crippen LogP contribution in [0.4, 0.5) is 11.4 Å². The maximum Gasteiger partial charge on any atom is 0.292 e. The normalized spacial score (nSPS) is 17.4. The van der Waals surface area contributed by atoms with E-state index in [2.05, 4.69) is 19.2 Å². The van der Waals surface area contributed by atoms with Crippen molar-refractivity contribution in [1.82, 2.24) is 0 Å². The van der Waals surface area contributed by atoms with E-state index < -0.39 is 0 Å². The summed E-state index contributed by atoms with van der Waals surface area (Å²) in [5.41, 5.74) is 1.13. The predicted octanol–water partition coefficient (Wildman–Crippen LogP) is 4.61. The summed E-state index contributed by atoms with van der Waals surface area (Å²) in [4.78, 5) is 10.7. The summed E-state index contributed by atoms with van der Waals surface area (Å²) >= 11 is 0. The van der Waals surface area contributed by atoms with Crippen LogP contribution in [-0.2, 0) is 0 Å². The van der Waals surface area contributed by atoms with Crippen molar-refractivity contribution in [2.24, 2.45) is 11.3 Å². The second-order valence-electron chi connectivity index (χ2n) is 6.43. The Hall–Kier alpha value is -1.58. The van der Waals surface area contributed by atoms with Crippen LogP contribution in [0.15, 0.2) is 24.3 Å². The summed E-state index contributed by atoms with van der Waals surface area (Å²) < 4.78 is 0. The fourth-order valence-electron chi connectivity index (χ4n) is 3.51. The Balaban J connectivity index is 2.08. The van der Waals surface area contributed by atoms with Gasteiger partial charge in [-0.3, -0.25) is 10.1 Å². The third-order valence-electron chi connectivity index (χ3n) is 4.26. The molecule has 0 bridgehead atoms. The van der Waals surface area contributed by atoms with Crippen LogP contribution in [0.1, 0.15) is 46.0 Å². The number of nitrogens with one attached hydrogen (secondary N) is 1. The average Bonchev–Trinajstić information content (AvgIpc) is 2.84. The summed E-state index contributed by atoms with van der Waals surface area (Å²) in [5, 5.41) is 14.4. The highest BCUT2D eigenvalue weighted by Gasteiger charge is 2.34. The first kappa shape index (κ1) is 14.8. The lowest BCUT2D eigenvalue weighted by molar-refractivity contribution is -0.384. The fourth-order valence-corrected chi connectivity index (χ4v) is 3.51. The molecule has 0 aliphatic heterocycles. The van der Waals surface area contributed by atoms with E-state index in [0.717, 1.165) is 6.54 Å². The number of benzene rings is 1. The largest absolute Gasteiger partial charge is 0.379 e. The maximum absolute atomic E-state index is 11.0. The molecule has 0 unspecified atom stereocenters. The molecule has 0 heterocycles. The van der Waals surface area contributed by atoms with Gasteiger partial charge in [0.2, 0.25) is 0 Å². The smallest absolute Gasteiger partial charge is 0.292 e. The minimum absolute atomic E-state index is 0.171. The van der Waals surface area contributed by atoms with Crippen LogP contribution in [-0.4, -0.2) is 11.5 Å².